The molecule has 1 fully saturated rings. The summed E-state index contributed by atoms with van der Waals surface area (Å²) in [7, 11) is 0. The zero-order valence-corrected chi connectivity index (χ0v) is 9.01. The van der Waals surface area contributed by atoms with E-state index in [2.05, 4.69) is 5.32 Å². The molecule has 3 N–H and O–H groups in total. The molecule has 0 spiro atoms. The second-order valence-electron chi connectivity index (χ2n) is 4.28. The van der Waals surface area contributed by atoms with Crippen LogP contribution in [0.25, 0.3) is 0 Å². The summed E-state index contributed by atoms with van der Waals surface area (Å²) in [4.78, 5) is 11.9. The molecule has 1 saturated heterocycles. The summed E-state index contributed by atoms with van der Waals surface area (Å²) >= 11 is 0. The molecule has 0 aromatic rings. The lowest BCUT2D eigenvalue weighted by Gasteiger charge is -2.33. The number of carbonyl (C=O) groups is 1. The number of amides is 1. The highest BCUT2D eigenvalue weighted by molar-refractivity contribution is 5.82. The standard InChI is InChI=1S/C10H20N2O2/c1-8(7-11)12-9(13)10(2)3-5-14-6-4-10/h8H,3-7,11H2,1-2H3,(H,12,13)/t8-/m1/s1. The number of carbonyl (C=O) groups excluding carboxylic acids is 1. The predicted molar refractivity (Wildman–Crippen MR) is 54.8 cm³/mol. The topological polar surface area (TPSA) is 64.3 Å². The summed E-state index contributed by atoms with van der Waals surface area (Å²) in [6.45, 7) is 5.76. The molecule has 1 amide bonds. The van der Waals surface area contributed by atoms with E-state index in [1.807, 2.05) is 13.8 Å². The number of nitrogens with one attached hydrogen (secondary N) is 1. The van der Waals surface area contributed by atoms with Gasteiger partial charge in [0.05, 0.1) is 5.41 Å². The van der Waals surface area contributed by atoms with Crippen LogP contribution in [0.1, 0.15) is 26.7 Å². The minimum Gasteiger partial charge on any atom is -0.381 e. The molecule has 0 aromatic heterocycles. The Balaban J connectivity index is 2.49. The van der Waals surface area contributed by atoms with Gasteiger partial charge in [-0.25, -0.2) is 0 Å². The highest BCUT2D eigenvalue weighted by atomic mass is 16.5. The normalized spacial score (nSPS) is 22.8. The Labute approximate surface area is 85.2 Å². The van der Waals surface area contributed by atoms with E-state index in [4.69, 9.17) is 10.5 Å². The van der Waals surface area contributed by atoms with Gasteiger partial charge in [-0.15, -0.1) is 0 Å². The van der Waals surface area contributed by atoms with E-state index in [-0.39, 0.29) is 17.4 Å². The minimum atomic E-state index is -0.262. The number of hydrogen-bond acceptors (Lipinski definition) is 3. The molecule has 0 aliphatic carbocycles. The fraction of sp³-hybridized carbons (Fsp3) is 0.900. The van der Waals surface area contributed by atoms with Crippen molar-refractivity contribution in [2.24, 2.45) is 11.1 Å². The van der Waals surface area contributed by atoms with Crippen LogP contribution in [0.4, 0.5) is 0 Å². The van der Waals surface area contributed by atoms with Gasteiger partial charge in [0, 0.05) is 25.8 Å². The fourth-order valence-corrected chi connectivity index (χ4v) is 1.51. The Morgan fingerprint density at radius 2 is 2.14 bits per heavy atom. The van der Waals surface area contributed by atoms with E-state index in [0.29, 0.717) is 19.8 Å². The first kappa shape index (κ1) is 11.5. The van der Waals surface area contributed by atoms with Crippen LogP contribution in [0, 0.1) is 5.41 Å². The maximum atomic E-state index is 11.9. The van der Waals surface area contributed by atoms with E-state index in [9.17, 15) is 4.79 Å². The third-order valence-electron chi connectivity index (χ3n) is 2.88. The molecule has 4 nitrogen and oxygen atoms in total. The van der Waals surface area contributed by atoms with E-state index >= 15 is 0 Å². The molecule has 0 radical (unpaired) electrons. The van der Waals surface area contributed by atoms with Crippen molar-refractivity contribution in [3.8, 4) is 0 Å². The molecule has 0 unspecified atom stereocenters. The molecule has 1 rings (SSSR count). The third-order valence-corrected chi connectivity index (χ3v) is 2.88. The molecular formula is C10H20N2O2. The number of nitrogens with two attached hydrogens (primary N) is 1. The van der Waals surface area contributed by atoms with E-state index in [1.54, 1.807) is 0 Å². The van der Waals surface area contributed by atoms with Gasteiger partial charge >= 0.3 is 0 Å². The average Bonchev–Trinajstić information content (AvgIpc) is 2.18. The highest BCUT2D eigenvalue weighted by Gasteiger charge is 2.35. The second kappa shape index (κ2) is 4.75. The lowest BCUT2D eigenvalue weighted by atomic mass is 9.81. The van der Waals surface area contributed by atoms with Crippen LogP contribution in [0.5, 0.6) is 0 Å². The van der Waals surface area contributed by atoms with Gasteiger partial charge < -0.3 is 15.8 Å². The van der Waals surface area contributed by atoms with Gasteiger partial charge in [-0.1, -0.05) is 6.92 Å². The summed E-state index contributed by atoms with van der Waals surface area (Å²) in [5.41, 5.74) is 5.19. The number of rotatable bonds is 3. The molecular weight excluding hydrogens is 180 g/mol. The largest absolute Gasteiger partial charge is 0.381 e. The van der Waals surface area contributed by atoms with Gasteiger partial charge in [0.25, 0.3) is 0 Å². The van der Waals surface area contributed by atoms with Crippen LogP contribution in [-0.2, 0) is 9.53 Å². The summed E-state index contributed by atoms with van der Waals surface area (Å²) < 4.78 is 5.24. The SMILES string of the molecule is C[C@H](CN)NC(=O)C1(C)CCOCC1. The first-order chi connectivity index (χ1) is 6.58. The van der Waals surface area contributed by atoms with Gasteiger partial charge in [0.15, 0.2) is 0 Å². The number of hydrogen-bond donors (Lipinski definition) is 2. The Bertz CT molecular complexity index is 200. The van der Waals surface area contributed by atoms with Gasteiger partial charge in [0.2, 0.25) is 5.91 Å². The van der Waals surface area contributed by atoms with Crippen LogP contribution in [-0.4, -0.2) is 31.7 Å². The van der Waals surface area contributed by atoms with Crippen LogP contribution in [0.15, 0.2) is 0 Å². The molecule has 4 heteroatoms. The highest BCUT2D eigenvalue weighted by Crippen LogP contribution is 2.29. The lowest BCUT2D eigenvalue weighted by Crippen LogP contribution is -2.47. The molecule has 1 heterocycles. The van der Waals surface area contributed by atoms with E-state index in [0.717, 1.165) is 12.8 Å². The van der Waals surface area contributed by atoms with Crippen LogP contribution in [0.2, 0.25) is 0 Å². The van der Waals surface area contributed by atoms with Crippen molar-refractivity contribution in [3.63, 3.8) is 0 Å². The first-order valence-corrected chi connectivity index (χ1v) is 5.17. The lowest BCUT2D eigenvalue weighted by molar-refractivity contribution is -0.135. The van der Waals surface area contributed by atoms with Crippen LogP contribution < -0.4 is 11.1 Å². The third kappa shape index (κ3) is 2.69. The Morgan fingerprint density at radius 3 is 2.64 bits per heavy atom. The van der Waals surface area contributed by atoms with Crippen molar-refractivity contribution >= 4 is 5.91 Å². The smallest absolute Gasteiger partial charge is 0.226 e. The quantitative estimate of drug-likeness (QED) is 0.687. The minimum absolute atomic E-state index is 0.0576. The maximum Gasteiger partial charge on any atom is 0.226 e. The van der Waals surface area contributed by atoms with Crippen molar-refractivity contribution in [2.75, 3.05) is 19.8 Å². The molecule has 0 saturated carbocycles. The van der Waals surface area contributed by atoms with Crippen molar-refractivity contribution in [2.45, 2.75) is 32.7 Å². The first-order valence-electron chi connectivity index (χ1n) is 5.17. The van der Waals surface area contributed by atoms with Crippen LogP contribution >= 0.6 is 0 Å². The summed E-state index contributed by atoms with van der Waals surface area (Å²) in [6, 6.07) is 0.0576. The van der Waals surface area contributed by atoms with E-state index in [1.165, 1.54) is 0 Å². The molecule has 1 atom stereocenters. The molecule has 14 heavy (non-hydrogen) atoms. The number of ether oxygens (including phenoxy) is 1. The zero-order chi connectivity index (χ0) is 10.6. The molecule has 1 aliphatic rings. The van der Waals surface area contributed by atoms with Crippen molar-refractivity contribution in [3.05, 3.63) is 0 Å². The monoisotopic (exact) mass is 200 g/mol. The molecule has 82 valence electrons. The van der Waals surface area contributed by atoms with Gasteiger partial charge in [0.1, 0.15) is 0 Å². The zero-order valence-electron chi connectivity index (χ0n) is 9.01. The van der Waals surface area contributed by atoms with Crippen molar-refractivity contribution in [1.29, 1.82) is 0 Å². The van der Waals surface area contributed by atoms with E-state index < -0.39 is 0 Å². The second-order valence-corrected chi connectivity index (χ2v) is 4.28. The molecule has 0 bridgehead atoms. The summed E-state index contributed by atoms with van der Waals surface area (Å²) in [5, 5.41) is 2.92. The molecule has 0 aromatic carbocycles. The van der Waals surface area contributed by atoms with Gasteiger partial charge in [-0.2, -0.15) is 0 Å². The van der Waals surface area contributed by atoms with Gasteiger partial charge in [-0.05, 0) is 19.8 Å². The Hall–Kier alpha value is -0.610. The maximum absolute atomic E-state index is 11.9. The van der Waals surface area contributed by atoms with Gasteiger partial charge in [-0.3, -0.25) is 4.79 Å². The predicted octanol–water partition coefficient (Wildman–Crippen LogP) is 0.267. The van der Waals surface area contributed by atoms with Crippen molar-refractivity contribution < 1.29 is 9.53 Å². The van der Waals surface area contributed by atoms with Crippen molar-refractivity contribution in [1.82, 2.24) is 5.32 Å². The summed E-state index contributed by atoms with van der Waals surface area (Å²) in [6.07, 6.45) is 1.60. The summed E-state index contributed by atoms with van der Waals surface area (Å²) in [5.74, 6) is 0.110. The Kier molecular flexibility index (Phi) is 3.89. The fourth-order valence-electron chi connectivity index (χ4n) is 1.51. The Morgan fingerprint density at radius 1 is 1.57 bits per heavy atom. The van der Waals surface area contributed by atoms with Crippen LogP contribution in [0.3, 0.4) is 0 Å². The average molecular weight is 200 g/mol. The molecule has 1 aliphatic heterocycles.